The fourth-order valence-electron chi connectivity index (χ4n) is 1.74. The average Bonchev–Trinajstić information content (AvgIpc) is 2.43. The average molecular weight is 277 g/mol. The summed E-state index contributed by atoms with van der Waals surface area (Å²) < 4.78 is 2.49. The van der Waals surface area contributed by atoms with E-state index in [1.54, 1.807) is 18.8 Å². The first kappa shape index (κ1) is 13.5. The van der Waals surface area contributed by atoms with E-state index in [0.29, 0.717) is 5.82 Å². The molecule has 0 saturated heterocycles. The molecule has 0 fully saturated rings. The summed E-state index contributed by atoms with van der Waals surface area (Å²) >= 11 is 1.60. The number of hydrogen-bond donors (Lipinski definition) is 1. The highest BCUT2D eigenvalue weighted by atomic mass is 32.2. The van der Waals surface area contributed by atoms with Crippen LogP contribution in [0.3, 0.4) is 0 Å². The van der Waals surface area contributed by atoms with Crippen LogP contribution < -0.4 is 16.6 Å². The minimum absolute atomic E-state index is 0.327. The van der Waals surface area contributed by atoms with E-state index in [2.05, 4.69) is 5.32 Å². The van der Waals surface area contributed by atoms with Gasteiger partial charge >= 0.3 is 5.69 Å². The van der Waals surface area contributed by atoms with Crippen molar-refractivity contribution in [3.8, 4) is 0 Å². The van der Waals surface area contributed by atoms with Crippen LogP contribution in [0.4, 0.5) is 11.5 Å². The van der Waals surface area contributed by atoms with Crippen molar-refractivity contribution in [1.29, 1.82) is 0 Å². The maximum absolute atomic E-state index is 11.8. The van der Waals surface area contributed by atoms with Gasteiger partial charge in [0.05, 0.1) is 5.69 Å². The van der Waals surface area contributed by atoms with Crippen molar-refractivity contribution in [1.82, 2.24) is 9.13 Å². The van der Waals surface area contributed by atoms with Crippen molar-refractivity contribution < 1.29 is 0 Å². The molecule has 0 bridgehead atoms. The fourth-order valence-corrected chi connectivity index (χ4v) is 2.29. The van der Waals surface area contributed by atoms with Crippen LogP contribution in [0.15, 0.2) is 44.8 Å². The Labute approximate surface area is 114 Å². The lowest BCUT2D eigenvalue weighted by molar-refractivity contribution is 0.692. The molecule has 0 saturated carbocycles. The molecule has 2 rings (SSSR count). The molecule has 0 aliphatic rings. The molecule has 1 aromatic heterocycles. The molecule has 0 radical (unpaired) electrons. The van der Waals surface area contributed by atoms with E-state index in [1.165, 1.54) is 17.7 Å². The highest BCUT2D eigenvalue weighted by Crippen LogP contribution is 2.26. The van der Waals surface area contributed by atoms with Crippen LogP contribution in [0.2, 0.25) is 0 Å². The Morgan fingerprint density at radius 1 is 1.11 bits per heavy atom. The van der Waals surface area contributed by atoms with Crippen molar-refractivity contribution in [3.63, 3.8) is 0 Å². The first-order valence-electron chi connectivity index (χ1n) is 5.71. The summed E-state index contributed by atoms with van der Waals surface area (Å²) in [6, 6.07) is 9.15. The molecule has 0 aliphatic heterocycles. The SMILES string of the molecule is CSc1ccccc1Nc1cc(=O)n(C)c(=O)n1C. The molecule has 6 heteroatoms. The molecule has 1 aromatic carbocycles. The van der Waals surface area contributed by atoms with E-state index in [4.69, 9.17) is 0 Å². The first-order chi connectivity index (χ1) is 9.04. The minimum atomic E-state index is -0.350. The Morgan fingerprint density at radius 3 is 2.47 bits per heavy atom. The number of nitrogens with zero attached hydrogens (tertiary/aromatic N) is 2. The number of benzene rings is 1. The highest BCUT2D eigenvalue weighted by Gasteiger charge is 2.07. The van der Waals surface area contributed by atoms with Gasteiger partial charge in [0.15, 0.2) is 0 Å². The number of para-hydroxylation sites is 1. The number of rotatable bonds is 3. The lowest BCUT2D eigenvalue weighted by Crippen LogP contribution is -2.37. The highest BCUT2D eigenvalue weighted by molar-refractivity contribution is 7.98. The van der Waals surface area contributed by atoms with E-state index in [-0.39, 0.29) is 11.2 Å². The van der Waals surface area contributed by atoms with Gasteiger partial charge < -0.3 is 5.32 Å². The summed E-state index contributed by atoms with van der Waals surface area (Å²) in [5.74, 6) is 0.481. The summed E-state index contributed by atoms with van der Waals surface area (Å²) in [6.07, 6.45) is 1.98. The Bertz CT molecular complexity index is 719. The predicted molar refractivity (Wildman–Crippen MR) is 78.4 cm³/mol. The lowest BCUT2D eigenvalue weighted by Gasteiger charge is -2.13. The largest absolute Gasteiger partial charge is 0.340 e. The van der Waals surface area contributed by atoms with Crippen LogP contribution in [-0.4, -0.2) is 15.4 Å². The second-order valence-electron chi connectivity index (χ2n) is 4.09. The Hall–Kier alpha value is -1.95. The molecule has 0 unspecified atom stereocenters. The fraction of sp³-hybridized carbons (Fsp3) is 0.231. The molecule has 1 N–H and O–H groups in total. The van der Waals surface area contributed by atoms with Crippen molar-refractivity contribution in [2.75, 3.05) is 11.6 Å². The van der Waals surface area contributed by atoms with Gasteiger partial charge in [-0.3, -0.25) is 13.9 Å². The van der Waals surface area contributed by atoms with Crippen LogP contribution in [0.1, 0.15) is 0 Å². The molecule has 0 atom stereocenters. The molecular formula is C13H15N3O2S. The second kappa shape index (κ2) is 5.36. The van der Waals surface area contributed by atoms with Crippen LogP contribution >= 0.6 is 11.8 Å². The van der Waals surface area contributed by atoms with Crippen LogP contribution in [0.5, 0.6) is 0 Å². The van der Waals surface area contributed by atoms with Gasteiger partial charge in [0.25, 0.3) is 5.56 Å². The molecule has 2 aromatic rings. The van der Waals surface area contributed by atoms with E-state index in [9.17, 15) is 9.59 Å². The molecular weight excluding hydrogens is 262 g/mol. The van der Waals surface area contributed by atoms with E-state index in [1.807, 2.05) is 30.5 Å². The van der Waals surface area contributed by atoms with Gasteiger partial charge in [-0.05, 0) is 18.4 Å². The van der Waals surface area contributed by atoms with E-state index in [0.717, 1.165) is 15.1 Å². The van der Waals surface area contributed by atoms with Crippen LogP contribution in [0, 0.1) is 0 Å². The van der Waals surface area contributed by atoms with Crippen LogP contribution in [0.25, 0.3) is 0 Å². The third-order valence-corrected chi connectivity index (χ3v) is 3.69. The van der Waals surface area contributed by atoms with Gasteiger partial charge in [-0.1, -0.05) is 12.1 Å². The maximum Gasteiger partial charge on any atom is 0.332 e. The molecule has 1 heterocycles. The standard InChI is InChI=1S/C13H15N3O2S/c1-15-11(8-12(17)16(2)13(15)18)14-9-6-4-5-7-10(9)19-3/h4-8,14H,1-3H3. The monoisotopic (exact) mass is 277 g/mol. The van der Waals surface area contributed by atoms with E-state index < -0.39 is 0 Å². The third-order valence-electron chi connectivity index (χ3n) is 2.90. The molecule has 0 aliphatic carbocycles. The Balaban J connectivity index is 2.50. The molecule has 19 heavy (non-hydrogen) atoms. The number of thioether (sulfide) groups is 1. The van der Waals surface area contributed by atoms with Crippen LogP contribution in [-0.2, 0) is 14.1 Å². The molecule has 100 valence electrons. The summed E-state index contributed by atoms with van der Waals surface area (Å²) in [7, 11) is 3.09. The van der Waals surface area contributed by atoms with E-state index >= 15 is 0 Å². The zero-order chi connectivity index (χ0) is 14.0. The Kier molecular flexibility index (Phi) is 3.80. The Morgan fingerprint density at radius 2 is 1.79 bits per heavy atom. The number of nitrogens with one attached hydrogen (secondary N) is 1. The summed E-state index contributed by atoms with van der Waals surface area (Å²) in [4.78, 5) is 24.5. The summed E-state index contributed by atoms with van der Waals surface area (Å²) in [5, 5.41) is 3.13. The topological polar surface area (TPSA) is 56.0 Å². The molecule has 5 nitrogen and oxygen atoms in total. The molecule has 0 spiro atoms. The maximum atomic E-state index is 11.8. The van der Waals surface area contributed by atoms with Gasteiger partial charge in [0, 0.05) is 25.1 Å². The molecule has 0 amide bonds. The predicted octanol–water partition coefficient (Wildman–Crippen LogP) is 1.55. The van der Waals surface area contributed by atoms with Crippen molar-refractivity contribution in [3.05, 3.63) is 51.2 Å². The summed E-state index contributed by atoms with van der Waals surface area (Å²) in [6.45, 7) is 0. The first-order valence-corrected chi connectivity index (χ1v) is 6.94. The number of hydrogen-bond acceptors (Lipinski definition) is 4. The van der Waals surface area contributed by atoms with Crippen molar-refractivity contribution in [2.45, 2.75) is 4.90 Å². The van der Waals surface area contributed by atoms with Gasteiger partial charge in [-0.25, -0.2) is 4.79 Å². The summed E-state index contributed by atoms with van der Waals surface area (Å²) in [5.41, 5.74) is 0.196. The normalized spacial score (nSPS) is 10.5. The minimum Gasteiger partial charge on any atom is -0.340 e. The number of aromatic nitrogens is 2. The quantitative estimate of drug-likeness (QED) is 0.865. The third kappa shape index (κ3) is 2.58. The van der Waals surface area contributed by atoms with Gasteiger partial charge in [0.1, 0.15) is 5.82 Å². The zero-order valence-electron chi connectivity index (χ0n) is 11.0. The second-order valence-corrected chi connectivity index (χ2v) is 4.94. The lowest BCUT2D eigenvalue weighted by atomic mass is 10.3. The zero-order valence-corrected chi connectivity index (χ0v) is 11.8. The van der Waals surface area contributed by atoms with Crippen molar-refractivity contribution in [2.24, 2.45) is 14.1 Å². The van der Waals surface area contributed by atoms with Crippen molar-refractivity contribution >= 4 is 23.3 Å². The van der Waals surface area contributed by atoms with Gasteiger partial charge in [0.2, 0.25) is 0 Å². The van der Waals surface area contributed by atoms with Gasteiger partial charge in [-0.2, -0.15) is 0 Å². The van der Waals surface area contributed by atoms with Gasteiger partial charge in [-0.15, -0.1) is 11.8 Å². The number of anilines is 2. The smallest absolute Gasteiger partial charge is 0.332 e.